The molecule has 7 nitrogen and oxygen atoms in total. The molecule has 0 fully saturated rings. The van der Waals surface area contributed by atoms with E-state index in [1.54, 1.807) is 0 Å². The molecule has 0 unspecified atom stereocenters. The molecule has 0 aliphatic heterocycles. The van der Waals surface area contributed by atoms with Crippen molar-refractivity contribution in [1.29, 1.82) is 0 Å². The van der Waals surface area contributed by atoms with Gasteiger partial charge in [0.25, 0.3) is 0 Å². The normalized spacial score (nSPS) is 10.7. The van der Waals surface area contributed by atoms with Gasteiger partial charge in [0, 0.05) is 37.8 Å². The molecule has 0 aliphatic carbocycles. The van der Waals surface area contributed by atoms with E-state index in [9.17, 15) is 4.79 Å². The van der Waals surface area contributed by atoms with E-state index >= 15 is 0 Å². The first kappa shape index (κ1) is 16.9. The van der Waals surface area contributed by atoms with Crippen LogP contribution in [0.15, 0.2) is 10.6 Å². The highest BCUT2D eigenvalue weighted by Crippen LogP contribution is 2.14. The van der Waals surface area contributed by atoms with Crippen LogP contribution in [-0.4, -0.2) is 35.1 Å². The fourth-order valence-corrected chi connectivity index (χ4v) is 2.28. The number of rotatable bonds is 6. The number of nitrogens with zero attached hydrogens (tertiary/aromatic N) is 4. The van der Waals surface area contributed by atoms with Crippen LogP contribution in [-0.2, 0) is 17.8 Å². The molecule has 0 atom stereocenters. The molecule has 2 rings (SSSR count). The van der Waals surface area contributed by atoms with Gasteiger partial charge in [-0.15, -0.1) is 0 Å². The predicted molar refractivity (Wildman–Crippen MR) is 87.2 cm³/mol. The summed E-state index contributed by atoms with van der Waals surface area (Å²) in [7, 11) is 3.85. The van der Waals surface area contributed by atoms with Gasteiger partial charge in [0.15, 0.2) is 0 Å². The molecule has 0 saturated heterocycles. The molecule has 0 radical (unpaired) electrons. The SMILES string of the molecule is Cc1cc(N(C)C)nc(CNC(=O)CCc2c(C)noc2C)n1. The Labute approximate surface area is 136 Å². The van der Waals surface area contributed by atoms with E-state index in [2.05, 4.69) is 20.4 Å². The van der Waals surface area contributed by atoms with E-state index in [4.69, 9.17) is 4.52 Å². The Morgan fingerprint density at radius 3 is 2.61 bits per heavy atom. The molecule has 0 aromatic carbocycles. The first-order valence-corrected chi connectivity index (χ1v) is 7.57. The predicted octanol–water partition coefficient (Wildman–Crippen LogP) is 1.70. The summed E-state index contributed by atoms with van der Waals surface area (Å²) in [5, 5.41) is 6.75. The van der Waals surface area contributed by atoms with E-state index < -0.39 is 0 Å². The third-order valence-corrected chi connectivity index (χ3v) is 3.57. The molecule has 2 heterocycles. The molecule has 23 heavy (non-hydrogen) atoms. The van der Waals surface area contributed by atoms with E-state index in [1.165, 1.54) is 0 Å². The highest BCUT2D eigenvalue weighted by Gasteiger charge is 2.11. The van der Waals surface area contributed by atoms with E-state index in [-0.39, 0.29) is 5.91 Å². The average molecular weight is 317 g/mol. The van der Waals surface area contributed by atoms with Gasteiger partial charge in [-0.3, -0.25) is 4.79 Å². The third kappa shape index (κ3) is 4.51. The summed E-state index contributed by atoms with van der Waals surface area (Å²) in [4.78, 5) is 22.7. The number of anilines is 1. The maximum absolute atomic E-state index is 12.0. The van der Waals surface area contributed by atoms with Crippen LogP contribution in [0.4, 0.5) is 5.82 Å². The van der Waals surface area contributed by atoms with Crippen LogP contribution in [0.25, 0.3) is 0 Å². The van der Waals surface area contributed by atoms with Crippen molar-refractivity contribution in [2.24, 2.45) is 0 Å². The lowest BCUT2D eigenvalue weighted by Gasteiger charge is -2.13. The minimum absolute atomic E-state index is 0.0403. The molecule has 7 heteroatoms. The van der Waals surface area contributed by atoms with Crippen LogP contribution in [0, 0.1) is 20.8 Å². The van der Waals surface area contributed by atoms with Gasteiger partial charge in [-0.2, -0.15) is 0 Å². The summed E-state index contributed by atoms with van der Waals surface area (Å²) < 4.78 is 5.10. The van der Waals surface area contributed by atoms with Crippen molar-refractivity contribution in [3.05, 3.63) is 34.6 Å². The van der Waals surface area contributed by atoms with Gasteiger partial charge in [0.2, 0.25) is 5.91 Å². The summed E-state index contributed by atoms with van der Waals surface area (Å²) >= 11 is 0. The standard InChI is InChI=1S/C16H23N5O2/c1-10-8-15(21(4)5)19-14(18-10)9-17-16(22)7-6-13-11(2)20-23-12(13)3/h8H,6-7,9H2,1-5H3,(H,17,22). The number of nitrogens with one attached hydrogen (secondary N) is 1. The minimum atomic E-state index is -0.0403. The lowest BCUT2D eigenvalue weighted by atomic mass is 10.1. The Bertz CT molecular complexity index is 674. The van der Waals surface area contributed by atoms with E-state index in [0.717, 1.165) is 28.5 Å². The number of carbonyl (C=O) groups excluding carboxylic acids is 1. The minimum Gasteiger partial charge on any atom is -0.363 e. The topological polar surface area (TPSA) is 84.2 Å². The molecule has 2 aromatic heterocycles. The lowest BCUT2D eigenvalue weighted by molar-refractivity contribution is -0.121. The third-order valence-electron chi connectivity index (χ3n) is 3.57. The van der Waals surface area contributed by atoms with Gasteiger partial charge in [0.1, 0.15) is 17.4 Å². The van der Waals surface area contributed by atoms with Crippen LogP contribution in [0.3, 0.4) is 0 Å². The van der Waals surface area contributed by atoms with Crippen LogP contribution < -0.4 is 10.2 Å². The smallest absolute Gasteiger partial charge is 0.220 e. The average Bonchev–Trinajstić information content (AvgIpc) is 2.81. The molecule has 0 saturated carbocycles. The molecule has 124 valence electrons. The maximum atomic E-state index is 12.0. The molecule has 2 aromatic rings. The largest absolute Gasteiger partial charge is 0.363 e. The summed E-state index contributed by atoms with van der Waals surface area (Å²) in [6, 6.07) is 1.91. The molecule has 1 amide bonds. The van der Waals surface area contributed by atoms with Crippen molar-refractivity contribution in [1.82, 2.24) is 20.4 Å². The number of amides is 1. The molecular weight excluding hydrogens is 294 g/mol. The highest BCUT2D eigenvalue weighted by atomic mass is 16.5. The molecule has 1 N–H and O–H groups in total. The van der Waals surface area contributed by atoms with Crippen molar-refractivity contribution < 1.29 is 9.32 Å². The number of hydrogen-bond donors (Lipinski definition) is 1. The fraction of sp³-hybridized carbons (Fsp3) is 0.500. The Morgan fingerprint density at radius 1 is 1.26 bits per heavy atom. The summed E-state index contributed by atoms with van der Waals surface area (Å²) in [5.41, 5.74) is 2.72. The van der Waals surface area contributed by atoms with Gasteiger partial charge < -0.3 is 14.7 Å². The zero-order valence-electron chi connectivity index (χ0n) is 14.3. The van der Waals surface area contributed by atoms with Crippen molar-refractivity contribution in [3.8, 4) is 0 Å². The second kappa shape index (κ2) is 7.21. The van der Waals surface area contributed by atoms with Gasteiger partial charge in [0.05, 0.1) is 12.2 Å². The zero-order valence-corrected chi connectivity index (χ0v) is 14.3. The van der Waals surface area contributed by atoms with Crippen molar-refractivity contribution in [2.75, 3.05) is 19.0 Å². The number of hydrogen-bond acceptors (Lipinski definition) is 6. The molecule has 0 spiro atoms. The zero-order chi connectivity index (χ0) is 17.0. The Balaban J connectivity index is 1.89. The monoisotopic (exact) mass is 317 g/mol. The maximum Gasteiger partial charge on any atom is 0.220 e. The van der Waals surface area contributed by atoms with Gasteiger partial charge in [-0.1, -0.05) is 5.16 Å². The van der Waals surface area contributed by atoms with Crippen LogP contribution in [0.1, 0.15) is 35.0 Å². The first-order valence-electron chi connectivity index (χ1n) is 7.57. The number of carbonyl (C=O) groups is 1. The molecular formula is C16H23N5O2. The quantitative estimate of drug-likeness (QED) is 0.873. The van der Waals surface area contributed by atoms with Crippen molar-refractivity contribution in [2.45, 2.75) is 40.2 Å². The second-order valence-electron chi connectivity index (χ2n) is 5.76. The Kier molecular flexibility index (Phi) is 5.31. The molecule has 0 bridgehead atoms. The van der Waals surface area contributed by atoms with Gasteiger partial charge in [-0.25, -0.2) is 9.97 Å². The Morgan fingerprint density at radius 2 is 2.00 bits per heavy atom. The summed E-state index contributed by atoms with van der Waals surface area (Å²) in [5.74, 6) is 2.17. The van der Waals surface area contributed by atoms with Crippen molar-refractivity contribution >= 4 is 11.7 Å². The van der Waals surface area contributed by atoms with Crippen LogP contribution in [0.5, 0.6) is 0 Å². The summed E-state index contributed by atoms with van der Waals surface area (Å²) in [6.45, 7) is 5.98. The highest BCUT2D eigenvalue weighted by molar-refractivity contribution is 5.76. The number of aromatic nitrogens is 3. The van der Waals surface area contributed by atoms with Gasteiger partial charge >= 0.3 is 0 Å². The fourth-order valence-electron chi connectivity index (χ4n) is 2.28. The second-order valence-corrected chi connectivity index (χ2v) is 5.76. The van der Waals surface area contributed by atoms with Crippen LogP contribution in [0.2, 0.25) is 0 Å². The van der Waals surface area contributed by atoms with E-state index in [0.29, 0.717) is 25.2 Å². The first-order chi connectivity index (χ1) is 10.9. The number of aryl methyl sites for hydroxylation is 3. The molecule has 0 aliphatic rings. The Hall–Kier alpha value is -2.44. The van der Waals surface area contributed by atoms with Crippen LogP contribution >= 0.6 is 0 Å². The van der Waals surface area contributed by atoms with E-state index in [1.807, 2.05) is 45.8 Å². The lowest BCUT2D eigenvalue weighted by Crippen LogP contribution is -2.25. The summed E-state index contributed by atoms with van der Waals surface area (Å²) in [6.07, 6.45) is 1.000. The van der Waals surface area contributed by atoms with Crippen molar-refractivity contribution in [3.63, 3.8) is 0 Å². The van der Waals surface area contributed by atoms with Gasteiger partial charge in [-0.05, 0) is 27.2 Å².